The first kappa shape index (κ1) is 21.3. The highest BCUT2D eigenvalue weighted by Crippen LogP contribution is 2.43. The van der Waals surface area contributed by atoms with Gasteiger partial charge in [0.05, 0.1) is 22.2 Å². The van der Waals surface area contributed by atoms with E-state index in [2.05, 4.69) is 4.98 Å². The summed E-state index contributed by atoms with van der Waals surface area (Å²) in [5, 5.41) is 22.2. The normalized spacial score (nSPS) is 17.7. The second-order valence-corrected chi connectivity index (χ2v) is 8.34. The number of rotatable bonds is 4. The predicted octanol–water partition coefficient (Wildman–Crippen LogP) is 4.43. The van der Waals surface area contributed by atoms with Crippen molar-refractivity contribution in [2.45, 2.75) is 19.9 Å². The van der Waals surface area contributed by atoms with Crippen molar-refractivity contribution in [1.29, 1.82) is 0 Å². The smallest absolute Gasteiger partial charge is 0.301 e. The Kier molecular flexibility index (Phi) is 5.31. The Labute approximate surface area is 185 Å². The average molecular weight is 453 g/mol. The summed E-state index contributed by atoms with van der Waals surface area (Å²) < 4.78 is 13.3. The minimum absolute atomic E-state index is 0.155. The van der Waals surface area contributed by atoms with Gasteiger partial charge in [-0.05, 0) is 55.8 Å². The molecule has 1 saturated heterocycles. The van der Waals surface area contributed by atoms with Gasteiger partial charge in [-0.15, -0.1) is 11.3 Å². The van der Waals surface area contributed by atoms with Gasteiger partial charge in [0, 0.05) is 22.6 Å². The maximum atomic E-state index is 13.3. The third-order valence-corrected chi connectivity index (χ3v) is 6.28. The number of nitro groups is 1. The van der Waals surface area contributed by atoms with Crippen molar-refractivity contribution in [2.75, 3.05) is 4.90 Å². The fraction of sp³-hybridized carbons (Fsp3) is 0.136. The van der Waals surface area contributed by atoms with Crippen molar-refractivity contribution in [3.05, 3.63) is 91.7 Å². The fourth-order valence-electron chi connectivity index (χ4n) is 3.45. The molecule has 0 unspecified atom stereocenters. The van der Waals surface area contributed by atoms with Gasteiger partial charge in [0.15, 0.2) is 5.13 Å². The van der Waals surface area contributed by atoms with Crippen LogP contribution < -0.4 is 4.90 Å². The summed E-state index contributed by atoms with van der Waals surface area (Å²) in [7, 11) is 0. The molecule has 1 amide bonds. The van der Waals surface area contributed by atoms with E-state index in [-0.39, 0.29) is 22.0 Å². The molecular formula is C22H16FN3O5S. The van der Waals surface area contributed by atoms with Gasteiger partial charge in [-0.1, -0.05) is 0 Å². The van der Waals surface area contributed by atoms with Gasteiger partial charge in [-0.3, -0.25) is 24.6 Å². The molecule has 3 aromatic rings. The molecule has 1 fully saturated rings. The monoisotopic (exact) mass is 453 g/mol. The molecule has 0 spiro atoms. The number of benzene rings is 2. The standard InChI is InChI=1S/C22H16FN3O5S/c1-11-12(2)32-22(24-11)25-18(13-5-9-16(10-6-13)26(30)31)17(20(28)21(25)29)19(27)14-3-7-15(23)8-4-14/h3-10,18,27H,1-2H3/t18-/m0/s1. The van der Waals surface area contributed by atoms with Crippen LogP contribution in [-0.2, 0) is 9.59 Å². The van der Waals surface area contributed by atoms with Crippen LogP contribution in [-0.4, -0.2) is 26.7 Å². The van der Waals surface area contributed by atoms with Gasteiger partial charge < -0.3 is 5.11 Å². The summed E-state index contributed by atoms with van der Waals surface area (Å²) in [6, 6.07) is 9.13. The second kappa shape index (κ2) is 7.97. The molecule has 2 aromatic carbocycles. The third-order valence-electron chi connectivity index (χ3n) is 5.21. The molecule has 0 bridgehead atoms. The number of carbonyl (C=O) groups excluding carboxylic acids is 2. The number of thiazole rings is 1. The predicted molar refractivity (Wildman–Crippen MR) is 116 cm³/mol. The first-order valence-corrected chi connectivity index (χ1v) is 10.3. The molecule has 10 heteroatoms. The van der Waals surface area contributed by atoms with Crippen LogP contribution in [0.25, 0.3) is 5.76 Å². The van der Waals surface area contributed by atoms with Crippen LogP contribution in [0.5, 0.6) is 0 Å². The quantitative estimate of drug-likeness (QED) is 0.205. The number of ketones is 1. The van der Waals surface area contributed by atoms with Crippen molar-refractivity contribution in [3.63, 3.8) is 0 Å². The lowest BCUT2D eigenvalue weighted by molar-refractivity contribution is -0.384. The molecular weight excluding hydrogens is 437 g/mol. The molecule has 1 aliphatic rings. The molecule has 2 heterocycles. The average Bonchev–Trinajstić information content (AvgIpc) is 3.23. The van der Waals surface area contributed by atoms with E-state index in [1.807, 2.05) is 6.92 Å². The summed E-state index contributed by atoms with van der Waals surface area (Å²) in [6.45, 7) is 3.60. The SMILES string of the molecule is Cc1nc(N2C(=O)C(=O)C(=C(O)c3ccc(F)cc3)[C@@H]2c2ccc([N+](=O)[O-])cc2)sc1C. The highest BCUT2D eigenvalue weighted by molar-refractivity contribution is 7.16. The van der Waals surface area contributed by atoms with E-state index in [9.17, 15) is 29.2 Å². The Hall–Kier alpha value is -3.92. The summed E-state index contributed by atoms with van der Waals surface area (Å²) >= 11 is 1.22. The largest absolute Gasteiger partial charge is 0.507 e. The van der Waals surface area contributed by atoms with Crippen LogP contribution in [0.1, 0.15) is 27.7 Å². The zero-order valence-electron chi connectivity index (χ0n) is 16.9. The molecule has 1 aromatic heterocycles. The van der Waals surface area contributed by atoms with Crippen LogP contribution in [0.2, 0.25) is 0 Å². The lowest BCUT2D eigenvalue weighted by Gasteiger charge is -2.23. The molecule has 8 nitrogen and oxygen atoms in total. The molecule has 1 aliphatic heterocycles. The van der Waals surface area contributed by atoms with Crippen LogP contribution in [0.15, 0.2) is 54.1 Å². The lowest BCUT2D eigenvalue weighted by atomic mass is 9.95. The van der Waals surface area contributed by atoms with E-state index in [0.29, 0.717) is 11.3 Å². The van der Waals surface area contributed by atoms with E-state index in [0.717, 1.165) is 17.0 Å². The van der Waals surface area contributed by atoms with E-state index < -0.39 is 34.2 Å². The number of hydrogen-bond acceptors (Lipinski definition) is 7. The third kappa shape index (κ3) is 3.54. The Morgan fingerprint density at radius 3 is 2.28 bits per heavy atom. The molecule has 1 N–H and O–H groups in total. The Morgan fingerprint density at radius 2 is 1.75 bits per heavy atom. The van der Waals surface area contributed by atoms with Gasteiger partial charge in [-0.2, -0.15) is 0 Å². The zero-order chi connectivity index (χ0) is 23.2. The van der Waals surface area contributed by atoms with Crippen molar-refractivity contribution in [1.82, 2.24) is 4.98 Å². The fourth-order valence-corrected chi connectivity index (χ4v) is 4.38. The van der Waals surface area contributed by atoms with Crippen LogP contribution in [0.3, 0.4) is 0 Å². The van der Waals surface area contributed by atoms with E-state index in [1.54, 1.807) is 6.92 Å². The van der Waals surface area contributed by atoms with E-state index in [4.69, 9.17) is 0 Å². The van der Waals surface area contributed by atoms with Gasteiger partial charge in [-0.25, -0.2) is 9.37 Å². The van der Waals surface area contributed by atoms with Crippen molar-refractivity contribution >= 4 is 39.6 Å². The molecule has 1 atom stereocenters. The maximum Gasteiger partial charge on any atom is 0.301 e. The summed E-state index contributed by atoms with van der Waals surface area (Å²) in [5.41, 5.74) is 0.853. The number of aliphatic hydroxyl groups excluding tert-OH is 1. The van der Waals surface area contributed by atoms with Gasteiger partial charge in [0.25, 0.3) is 11.5 Å². The number of carbonyl (C=O) groups is 2. The number of nitro benzene ring substituents is 1. The number of hydrogen-bond donors (Lipinski definition) is 1. The molecule has 0 aliphatic carbocycles. The minimum Gasteiger partial charge on any atom is -0.507 e. The number of halogens is 1. The lowest BCUT2D eigenvalue weighted by Crippen LogP contribution is -2.29. The highest BCUT2D eigenvalue weighted by Gasteiger charge is 2.48. The number of anilines is 1. The molecule has 4 rings (SSSR count). The second-order valence-electron chi connectivity index (χ2n) is 7.16. The Morgan fingerprint density at radius 1 is 1.12 bits per heavy atom. The van der Waals surface area contributed by atoms with Crippen molar-refractivity contribution in [2.24, 2.45) is 0 Å². The summed E-state index contributed by atoms with van der Waals surface area (Å²) in [6.07, 6.45) is 0. The van der Waals surface area contributed by atoms with Gasteiger partial charge in [0.2, 0.25) is 0 Å². The first-order valence-electron chi connectivity index (χ1n) is 9.44. The number of amides is 1. The number of aryl methyl sites for hydroxylation is 2. The van der Waals surface area contributed by atoms with Gasteiger partial charge >= 0.3 is 5.91 Å². The highest BCUT2D eigenvalue weighted by atomic mass is 32.1. The van der Waals surface area contributed by atoms with Gasteiger partial charge in [0.1, 0.15) is 11.6 Å². The Balaban J connectivity index is 1.93. The molecule has 162 valence electrons. The van der Waals surface area contributed by atoms with E-state index in [1.165, 1.54) is 52.6 Å². The number of aromatic nitrogens is 1. The first-order chi connectivity index (χ1) is 15.2. The number of non-ortho nitro benzene ring substituents is 1. The number of aliphatic hydroxyl groups is 1. The maximum absolute atomic E-state index is 13.3. The molecule has 0 radical (unpaired) electrons. The molecule has 32 heavy (non-hydrogen) atoms. The van der Waals surface area contributed by atoms with Crippen LogP contribution >= 0.6 is 11.3 Å². The van der Waals surface area contributed by atoms with Crippen molar-refractivity contribution < 1.29 is 24.0 Å². The molecule has 0 saturated carbocycles. The van der Waals surface area contributed by atoms with Crippen LogP contribution in [0, 0.1) is 29.8 Å². The van der Waals surface area contributed by atoms with Crippen molar-refractivity contribution in [3.8, 4) is 0 Å². The van der Waals surface area contributed by atoms with E-state index >= 15 is 0 Å². The minimum atomic E-state index is -1.06. The summed E-state index contributed by atoms with van der Waals surface area (Å²) in [5.74, 6) is -2.81. The number of Topliss-reactive ketones (excluding diaryl/α,β-unsaturated/α-hetero) is 1. The number of nitrogens with zero attached hydrogens (tertiary/aromatic N) is 3. The van der Waals surface area contributed by atoms with Crippen LogP contribution in [0.4, 0.5) is 15.2 Å². The topological polar surface area (TPSA) is 114 Å². The zero-order valence-corrected chi connectivity index (χ0v) is 17.7. The Bertz CT molecular complexity index is 1260. The summed E-state index contributed by atoms with van der Waals surface area (Å²) in [4.78, 5) is 42.9.